The van der Waals surface area contributed by atoms with E-state index >= 15 is 0 Å². The van der Waals surface area contributed by atoms with Crippen LogP contribution in [0.2, 0.25) is 0 Å². The van der Waals surface area contributed by atoms with Gasteiger partial charge in [0, 0.05) is 25.1 Å². The topological polar surface area (TPSA) is 66.6 Å². The minimum absolute atomic E-state index is 0.0544. The average molecular weight is 236 g/mol. The first-order valence-electron chi connectivity index (χ1n) is 5.78. The smallest absolute Gasteiger partial charge is 0.225 e. The summed E-state index contributed by atoms with van der Waals surface area (Å²) in [5, 5.41) is 9.63. The quantitative estimate of drug-likeness (QED) is 0.810. The van der Waals surface area contributed by atoms with Gasteiger partial charge in [0.2, 0.25) is 5.91 Å². The highest BCUT2D eigenvalue weighted by Crippen LogP contribution is 2.18. The van der Waals surface area contributed by atoms with Gasteiger partial charge in [0.05, 0.1) is 0 Å². The van der Waals surface area contributed by atoms with Crippen molar-refractivity contribution < 1.29 is 9.90 Å². The van der Waals surface area contributed by atoms with Crippen LogP contribution in [0.5, 0.6) is 5.75 Å². The van der Waals surface area contributed by atoms with Crippen molar-refractivity contribution in [3.63, 3.8) is 0 Å². The van der Waals surface area contributed by atoms with Gasteiger partial charge in [-0.3, -0.25) is 4.79 Å². The molecule has 0 aliphatic carbocycles. The molecule has 0 spiro atoms. The zero-order chi connectivity index (χ0) is 12.8. The molecule has 3 N–H and O–H groups in total. The van der Waals surface area contributed by atoms with Crippen LogP contribution >= 0.6 is 0 Å². The van der Waals surface area contributed by atoms with Crippen LogP contribution in [-0.2, 0) is 11.3 Å². The number of hydrogen-bond donors (Lipinski definition) is 2. The first-order chi connectivity index (χ1) is 8.06. The summed E-state index contributed by atoms with van der Waals surface area (Å²) in [4.78, 5) is 13.6. The maximum Gasteiger partial charge on any atom is 0.225 e. The van der Waals surface area contributed by atoms with Gasteiger partial charge in [-0.1, -0.05) is 25.1 Å². The highest BCUT2D eigenvalue weighted by molar-refractivity contribution is 5.78. The van der Waals surface area contributed by atoms with Gasteiger partial charge in [-0.05, 0) is 19.0 Å². The Kier molecular flexibility index (Phi) is 4.97. The minimum Gasteiger partial charge on any atom is -0.508 e. The molecule has 1 atom stereocenters. The minimum atomic E-state index is -0.0733. The summed E-state index contributed by atoms with van der Waals surface area (Å²) < 4.78 is 0. The van der Waals surface area contributed by atoms with E-state index in [1.54, 1.807) is 24.1 Å². The Balaban J connectivity index is 2.63. The third kappa shape index (κ3) is 3.75. The number of hydrogen-bond acceptors (Lipinski definition) is 3. The first-order valence-corrected chi connectivity index (χ1v) is 5.78. The molecule has 0 bridgehead atoms. The summed E-state index contributed by atoms with van der Waals surface area (Å²) in [6.45, 7) is 2.80. The fourth-order valence-corrected chi connectivity index (χ4v) is 1.73. The zero-order valence-electron chi connectivity index (χ0n) is 10.4. The fourth-order valence-electron chi connectivity index (χ4n) is 1.73. The number of aromatic hydroxyl groups is 1. The Morgan fingerprint density at radius 3 is 2.71 bits per heavy atom. The highest BCUT2D eigenvalue weighted by Gasteiger charge is 2.17. The average Bonchev–Trinajstić information content (AvgIpc) is 2.31. The molecule has 0 aromatic heterocycles. The van der Waals surface area contributed by atoms with E-state index in [-0.39, 0.29) is 17.6 Å². The van der Waals surface area contributed by atoms with Gasteiger partial charge in [0.1, 0.15) is 5.75 Å². The molecule has 0 heterocycles. The highest BCUT2D eigenvalue weighted by atomic mass is 16.3. The normalized spacial score (nSPS) is 12.2. The van der Waals surface area contributed by atoms with Gasteiger partial charge in [-0.25, -0.2) is 0 Å². The predicted molar refractivity (Wildman–Crippen MR) is 67.4 cm³/mol. The maximum absolute atomic E-state index is 11.9. The van der Waals surface area contributed by atoms with Crippen LogP contribution in [0.4, 0.5) is 0 Å². The molecule has 1 aromatic rings. The largest absolute Gasteiger partial charge is 0.508 e. The summed E-state index contributed by atoms with van der Waals surface area (Å²) in [7, 11) is 1.74. The lowest BCUT2D eigenvalue weighted by molar-refractivity contribution is -0.134. The Bertz CT molecular complexity index is 379. The molecule has 0 radical (unpaired) electrons. The number of carbonyl (C=O) groups is 1. The second-order valence-corrected chi connectivity index (χ2v) is 4.30. The van der Waals surface area contributed by atoms with E-state index in [0.717, 1.165) is 5.56 Å². The molecular formula is C13H20N2O2. The molecule has 1 rings (SSSR count). The van der Waals surface area contributed by atoms with Gasteiger partial charge in [0.25, 0.3) is 0 Å². The van der Waals surface area contributed by atoms with Crippen molar-refractivity contribution in [2.75, 3.05) is 13.6 Å². The van der Waals surface area contributed by atoms with Gasteiger partial charge >= 0.3 is 0 Å². The molecule has 0 saturated heterocycles. The van der Waals surface area contributed by atoms with Gasteiger partial charge in [-0.15, -0.1) is 0 Å². The Labute approximate surface area is 102 Å². The molecule has 4 heteroatoms. The molecule has 1 amide bonds. The lowest BCUT2D eigenvalue weighted by atomic mass is 10.1. The van der Waals surface area contributed by atoms with Crippen molar-refractivity contribution in [1.29, 1.82) is 0 Å². The maximum atomic E-state index is 11.9. The van der Waals surface area contributed by atoms with Crippen molar-refractivity contribution >= 4 is 5.91 Å². The number of nitrogens with zero attached hydrogens (tertiary/aromatic N) is 1. The molecule has 94 valence electrons. The molecule has 0 saturated carbocycles. The Hall–Kier alpha value is -1.55. The van der Waals surface area contributed by atoms with E-state index in [0.29, 0.717) is 19.5 Å². The van der Waals surface area contributed by atoms with E-state index in [2.05, 4.69) is 0 Å². The third-order valence-electron chi connectivity index (χ3n) is 2.80. The van der Waals surface area contributed by atoms with Crippen molar-refractivity contribution in [3.05, 3.63) is 29.8 Å². The number of para-hydroxylation sites is 1. The van der Waals surface area contributed by atoms with Crippen LogP contribution in [-0.4, -0.2) is 29.5 Å². The van der Waals surface area contributed by atoms with Crippen LogP contribution in [0.3, 0.4) is 0 Å². The number of phenols is 1. The Morgan fingerprint density at radius 2 is 2.12 bits per heavy atom. The summed E-state index contributed by atoms with van der Waals surface area (Å²) >= 11 is 0. The van der Waals surface area contributed by atoms with Gasteiger partial charge in [-0.2, -0.15) is 0 Å². The van der Waals surface area contributed by atoms with Crippen molar-refractivity contribution in [3.8, 4) is 5.75 Å². The number of benzene rings is 1. The van der Waals surface area contributed by atoms with Gasteiger partial charge < -0.3 is 15.7 Å². The summed E-state index contributed by atoms with van der Waals surface area (Å²) in [5.74, 6) is 0.202. The second kappa shape index (κ2) is 6.25. The molecule has 1 unspecified atom stereocenters. The molecule has 17 heavy (non-hydrogen) atoms. The molecule has 4 nitrogen and oxygen atoms in total. The SMILES string of the molecule is CC(CCN)C(=O)N(C)Cc1ccccc1O. The summed E-state index contributed by atoms with van der Waals surface area (Å²) in [6, 6.07) is 7.04. The van der Waals surface area contributed by atoms with Crippen molar-refractivity contribution in [1.82, 2.24) is 4.90 Å². The van der Waals surface area contributed by atoms with Gasteiger partial charge in [0.15, 0.2) is 0 Å². The van der Waals surface area contributed by atoms with Crippen LogP contribution in [0.25, 0.3) is 0 Å². The van der Waals surface area contributed by atoms with E-state index in [4.69, 9.17) is 5.73 Å². The monoisotopic (exact) mass is 236 g/mol. The second-order valence-electron chi connectivity index (χ2n) is 4.30. The van der Waals surface area contributed by atoms with E-state index in [9.17, 15) is 9.90 Å². The number of amides is 1. The molecule has 0 fully saturated rings. The third-order valence-corrected chi connectivity index (χ3v) is 2.80. The first kappa shape index (κ1) is 13.5. The Morgan fingerprint density at radius 1 is 1.47 bits per heavy atom. The lowest BCUT2D eigenvalue weighted by Gasteiger charge is -2.21. The number of carbonyl (C=O) groups excluding carboxylic acids is 1. The van der Waals surface area contributed by atoms with E-state index < -0.39 is 0 Å². The number of nitrogens with two attached hydrogens (primary N) is 1. The van der Waals surface area contributed by atoms with E-state index in [1.165, 1.54) is 0 Å². The zero-order valence-corrected chi connectivity index (χ0v) is 10.4. The van der Waals surface area contributed by atoms with E-state index in [1.807, 2.05) is 19.1 Å². The lowest BCUT2D eigenvalue weighted by Crippen LogP contribution is -2.32. The van der Waals surface area contributed by atoms with Crippen LogP contribution in [0.1, 0.15) is 18.9 Å². The molecule has 0 aliphatic rings. The predicted octanol–water partition coefficient (Wildman–Crippen LogP) is 1.34. The molecule has 0 aliphatic heterocycles. The van der Waals surface area contributed by atoms with Crippen LogP contribution < -0.4 is 5.73 Å². The number of rotatable bonds is 5. The summed E-state index contributed by atoms with van der Waals surface area (Å²) in [6.07, 6.45) is 0.684. The molecular weight excluding hydrogens is 216 g/mol. The standard InChI is InChI=1S/C13H20N2O2/c1-10(7-8-14)13(17)15(2)9-11-5-3-4-6-12(11)16/h3-6,10,16H,7-9,14H2,1-2H3. The van der Waals surface area contributed by atoms with Crippen LogP contribution in [0.15, 0.2) is 24.3 Å². The number of phenolic OH excluding ortho intramolecular Hbond substituents is 1. The van der Waals surface area contributed by atoms with Crippen molar-refractivity contribution in [2.45, 2.75) is 19.9 Å². The fraction of sp³-hybridized carbons (Fsp3) is 0.462. The molecule has 1 aromatic carbocycles. The van der Waals surface area contributed by atoms with Crippen LogP contribution in [0, 0.1) is 5.92 Å². The van der Waals surface area contributed by atoms with Crippen molar-refractivity contribution in [2.24, 2.45) is 11.7 Å². The summed E-state index contributed by atoms with van der Waals surface area (Å²) in [5.41, 5.74) is 6.19.